The number of hydrogen-bond donors (Lipinski definition) is 1. The molecule has 3 amide bonds. The molecule has 1 N–H and O–H groups in total. The lowest BCUT2D eigenvalue weighted by Crippen LogP contribution is -2.47. The summed E-state index contributed by atoms with van der Waals surface area (Å²) in [5.74, 6) is -1.15. The van der Waals surface area contributed by atoms with Crippen LogP contribution in [0.1, 0.15) is 22.8 Å². The lowest BCUT2D eigenvalue weighted by Gasteiger charge is -2.42. The Morgan fingerprint density at radius 2 is 1.91 bits per heavy atom. The molecule has 5 heterocycles. The number of aromatic amines is 1. The maximum Gasteiger partial charge on any atom is 0.305 e. The molecule has 3 aliphatic heterocycles. The standard InChI is InChI=1S/C24H24N4O5S2/c29-14(27-4-6-33-7-5-27)10-28-22(30)17-12-8-13(18(17)23(28)31)19-16(12)15(11-2-1-3-25-9-11)20-21(34-19)26-24(32)35-20/h1-3,9,12-13,15-19H,4-8,10H2,(H,26,32)/t12-,13-,15+,16-,17+,18-,19-/m1/s1. The van der Waals surface area contributed by atoms with E-state index >= 15 is 0 Å². The number of imide groups is 1. The number of carbonyl (C=O) groups is 3. The second-order valence-electron chi connectivity index (χ2n) is 10.0. The van der Waals surface area contributed by atoms with Crippen LogP contribution in [0.2, 0.25) is 0 Å². The van der Waals surface area contributed by atoms with Crippen molar-refractivity contribution in [3.63, 3.8) is 0 Å². The molecule has 0 spiro atoms. The van der Waals surface area contributed by atoms with Crippen LogP contribution < -0.4 is 4.87 Å². The van der Waals surface area contributed by atoms with Crippen LogP contribution in [0.3, 0.4) is 0 Å². The van der Waals surface area contributed by atoms with Gasteiger partial charge in [0.1, 0.15) is 6.54 Å². The number of thioether (sulfide) groups is 1. The molecule has 2 aliphatic carbocycles. The molecule has 2 aromatic rings. The maximum atomic E-state index is 13.6. The van der Waals surface area contributed by atoms with Gasteiger partial charge in [0.05, 0.1) is 30.1 Å². The highest BCUT2D eigenvalue weighted by atomic mass is 32.2. The summed E-state index contributed by atoms with van der Waals surface area (Å²) >= 11 is 2.90. The SMILES string of the molecule is O=C(CN1C(=O)[C@@H]2[C@H]3C[C@@H]([C@@H]2C1=O)[C@@H]1[C@H](c2cccnc2)c2sc(=O)[nH]c2S[C@H]31)N1CCOCC1. The largest absolute Gasteiger partial charge is 0.378 e. The van der Waals surface area contributed by atoms with Gasteiger partial charge >= 0.3 is 4.87 Å². The number of aromatic nitrogens is 2. The molecular weight excluding hydrogens is 488 g/mol. The van der Waals surface area contributed by atoms with Gasteiger partial charge in [-0.25, -0.2) is 0 Å². The third-order valence-corrected chi connectivity index (χ3v) is 11.1. The van der Waals surface area contributed by atoms with Crippen LogP contribution in [0.4, 0.5) is 0 Å². The number of likely N-dealkylation sites (tertiary alicyclic amines) is 1. The number of pyridine rings is 1. The first kappa shape index (κ1) is 21.8. The zero-order valence-electron chi connectivity index (χ0n) is 18.8. The van der Waals surface area contributed by atoms with Crippen LogP contribution in [-0.2, 0) is 19.1 Å². The molecule has 35 heavy (non-hydrogen) atoms. The monoisotopic (exact) mass is 512 g/mol. The zero-order chi connectivity index (χ0) is 23.8. The summed E-state index contributed by atoms with van der Waals surface area (Å²) < 4.78 is 5.32. The van der Waals surface area contributed by atoms with E-state index < -0.39 is 0 Å². The molecule has 11 heteroatoms. The summed E-state index contributed by atoms with van der Waals surface area (Å²) in [5, 5.41) is 1.02. The molecule has 2 aromatic heterocycles. The first-order valence-corrected chi connectivity index (χ1v) is 13.7. The topological polar surface area (TPSA) is 113 Å². The van der Waals surface area contributed by atoms with E-state index in [1.165, 1.54) is 16.2 Å². The van der Waals surface area contributed by atoms with Gasteiger partial charge in [0.25, 0.3) is 0 Å². The molecular formula is C24H24N4O5S2. The summed E-state index contributed by atoms with van der Waals surface area (Å²) in [6, 6.07) is 3.94. The van der Waals surface area contributed by atoms with Crippen molar-refractivity contribution in [2.75, 3.05) is 32.8 Å². The lowest BCUT2D eigenvalue weighted by molar-refractivity contribution is -0.148. The predicted octanol–water partition coefficient (Wildman–Crippen LogP) is 1.16. The fourth-order valence-electron chi connectivity index (χ4n) is 7.22. The number of fused-ring (bicyclic) bond motifs is 9. The van der Waals surface area contributed by atoms with E-state index in [0.29, 0.717) is 26.3 Å². The quantitative estimate of drug-likeness (QED) is 0.614. The molecule has 7 rings (SSSR count). The Kier molecular flexibility index (Phi) is 4.98. The number of nitrogens with zero attached hydrogens (tertiary/aromatic N) is 3. The minimum atomic E-state index is -0.386. The third-order valence-electron chi connectivity index (χ3n) is 8.52. The highest BCUT2D eigenvalue weighted by molar-refractivity contribution is 8.00. The van der Waals surface area contributed by atoms with Crippen molar-refractivity contribution in [3.8, 4) is 0 Å². The van der Waals surface area contributed by atoms with Gasteiger partial charge in [-0.3, -0.25) is 29.1 Å². The molecule has 2 bridgehead atoms. The molecule has 0 unspecified atom stereocenters. The predicted molar refractivity (Wildman–Crippen MR) is 127 cm³/mol. The molecule has 2 saturated carbocycles. The van der Waals surface area contributed by atoms with Crippen molar-refractivity contribution < 1.29 is 19.1 Å². The summed E-state index contributed by atoms with van der Waals surface area (Å²) in [5.41, 5.74) is 1.04. The molecule has 182 valence electrons. The number of rotatable bonds is 3. The number of ether oxygens (including phenoxy) is 1. The van der Waals surface area contributed by atoms with Gasteiger partial charge in [-0.2, -0.15) is 0 Å². The second-order valence-corrected chi connectivity index (χ2v) is 12.2. The Bertz CT molecular complexity index is 1270. The summed E-state index contributed by atoms with van der Waals surface area (Å²) in [7, 11) is 0. The molecule has 2 saturated heterocycles. The summed E-state index contributed by atoms with van der Waals surface area (Å²) in [6.45, 7) is 1.75. The molecule has 0 radical (unpaired) electrons. The van der Waals surface area contributed by atoms with Crippen LogP contribution in [0.5, 0.6) is 0 Å². The lowest BCUT2D eigenvalue weighted by atomic mass is 9.68. The fraction of sp³-hybridized carbons (Fsp3) is 0.542. The Morgan fingerprint density at radius 3 is 2.66 bits per heavy atom. The molecule has 4 fully saturated rings. The van der Waals surface area contributed by atoms with E-state index in [1.807, 2.05) is 18.3 Å². The first-order chi connectivity index (χ1) is 17.0. The van der Waals surface area contributed by atoms with Gasteiger partial charge in [0.15, 0.2) is 0 Å². The number of thiazole rings is 1. The average molecular weight is 513 g/mol. The summed E-state index contributed by atoms with van der Waals surface area (Å²) in [4.78, 5) is 63.4. The van der Waals surface area contributed by atoms with Gasteiger partial charge < -0.3 is 14.6 Å². The van der Waals surface area contributed by atoms with Gasteiger partial charge in [-0.1, -0.05) is 17.4 Å². The molecule has 0 aromatic carbocycles. The van der Waals surface area contributed by atoms with Crippen LogP contribution >= 0.6 is 23.1 Å². The van der Waals surface area contributed by atoms with Crippen LogP contribution in [0.25, 0.3) is 0 Å². The second kappa shape index (κ2) is 8.01. The maximum absolute atomic E-state index is 13.6. The number of H-pyrrole nitrogens is 1. The summed E-state index contributed by atoms with van der Waals surface area (Å²) in [6.07, 6.45) is 4.42. The van der Waals surface area contributed by atoms with Crippen molar-refractivity contribution in [1.82, 2.24) is 19.8 Å². The van der Waals surface area contributed by atoms with Crippen LogP contribution in [0.15, 0.2) is 34.3 Å². The number of hydrogen-bond acceptors (Lipinski definition) is 8. The van der Waals surface area contributed by atoms with Crippen LogP contribution in [-0.4, -0.2) is 75.6 Å². The Morgan fingerprint density at radius 1 is 1.14 bits per heavy atom. The smallest absolute Gasteiger partial charge is 0.305 e. The number of amides is 3. The minimum Gasteiger partial charge on any atom is -0.378 e. The van der Waals surface area contributed by atoms with Gasteiger partial charge in [-0.05, 0) is 35.8 Å². The Labute approximate surface area is 209 Å². The minimum absolute atomic E-state index is 0.0308. The van der Waals surface area contributed by atoms with Gasteiger partial charge in [-0.15, -0.1) is 11.8 Å². The van der Waals surface area contributed by atoms with E-state index in [4.69, 9.17) is 4.74 Å². The van der Waals surface area contributed by atoms with Gasteiger partial charge in [0.2, 0.25) is 17.7 Å². The number of carbonyl (C=O) groups excluding carboxylic acids is 3. The van der Waals surface area contributed by atoms with E-state index in [-0.39, 0.29) is 69.9 Å². The van der Waals surface area contributed by atoms with Crippen molar-refractivity contribution in [2.45, 2.75) is 22.6 Å². The van der Waals surface area contributed by atoms with Crippen molar-refractivity contribution >= 4 is 40.8 Å². The van der Waals surface area contributed by atoms with E-state index in [1.54, 1.807) is 22.9 Å². The van der Waals surface area contributed by atoms with E-state index in [2.05, 4.69) is 9.97 Å². The average Bonchev–Trinajstić information content (AvgIpc) is 3.61. The highest BCUT2D eigenvalue weighted by Crippen LogP contribution is 2.68. The molecule has 9 nitrogen and oxygen atoms in total. The number of nitrogens with one attached hydrogen (secondary N) is 1. The fourth-order valence-corrected chi connectivity index (χ4v) is 10.1. The highest BCUT2D eigenvalue weighted by Gasteiger charge is 2.69. The Balaban J connectivity index is 1.22. The van der Waals surface area contributed by atoms with Crippen molar-refractivity contribution in [2.24, 2.45) is 29.6 Å². The number of morpholine rings is 1. The third kappa shape index (κ3) is 3.14. The van der Waals surface area contributed by atoms with E-state index in [9.17, 15) is 19.2 Å². The van der Waals surface area contributed by atoms with E-state index in [0.717, 1.165) is 21.9 Å². The first-order valence-electron chi connectivity index (χ1n) is 12.0. The molecule has 5 aliphatic rings. The Hall–Kier alpha value is -2.50. The van der Waals surface area contributed by atoms with Crippen LogP contribution in [0, 0.1) is 29.6 Å². The van der Waals surface area contributed by atoms with Gasteiger partial charge in [0, 0.05) is 41.5 Å². The molecule has 7 atom stereocenters. The zero-order valence-corrected chi connectivity index (χ0v) is 20.4. The van der Waals surface area contributed by atoms with Crippen molar-refractivity contribution in [1.29, 1.82) is 0 Å². The van der Waals surface area contributed by atoms with Crippen molar-refractivity contribution in [3.05, 3.63) is 44.6 Å². The normalized spacial score (nSPS) is 35.3.